The summed E-state index contributed by atoms with van der Waals surface area (Å²) in [6.07, 6.45) is 5.81. The van der Waals surface area contributed by atoms with E-state index in [4.69, 9.17) is 23.7 Å². The van der Waals surface area contributed by atoms with Gasteiger partial charge in [-0.05, 0) is 100 Å². The first-order chi connectivity index (χ1) is 27.9. The molecule has 2 bridgehead atoms. The molecule has 3 aliphatic heterocycles. The molecule has 4 N–H and O–H groups in total. The molecule has 14 heteroatoms. The number of aliphatic hydroxyl groups is 3. The number of esters is 1. The molecule has 1 aliphatic carbocycles. The topological polar surface area (TPSA) is 185 Å². The fourth-order valence-corrected chi connectivity index (χ4v) is 9.81. The van der Waals surface area contributed by atoms with Crippen molar-refractivity contribution in [2.45, 2.75) is 167 Å². The molecule has 14 atom stereocenters. The third kappa shape index (κ3) is 12.1. The highest BCUT2D eigenvalue weighted by atomic mass is 16.7. The van der Waals surface area contributed by atoms with Crippen LogP contribution in [-0.2, 0) is 38.1 Å². The van der Waals surface area contributed by atoms with Gasteiger partial charge in [0.05, 0.1) is 42.9 Å². The molecule has 0 unspecified atom stereocenters. The summed E-state index contributed by atoms with van der Waals surface area (Å²) in [7, 11) is 6.17. The maximum atomic E-state index is 14.4. The molecule has 4 rings (SSSR count). The molecule has 342 valence electrons. The minimum atomic E-state index is -2.51. The number of ether oxygens (including phenoxy) is 5. The third-order valence-corrected chi connectivity index (χ3v) is 13.3. The highest BCUT2D eigenvalue weighted by Gasteiger charge is 2.56. The minimum absolute atomic E-state index is 0. The summed E-state index contributed by atoms with van der Waals surface area (Å²) in [6, 6.07) is -1.13. The number of hydroxylamine groups is 1. The van der Waals surface area contributed by atoms with Gasteiger partial charge in [0.15, 0.2) is 7.05 Å². The number of carbonyl (C=O) groups is 3. The molecule has 4 aliphatic rings. The van der Waals surface area contributed by atoms with Crippen LogP contribution in [0, 0.1) is 29.6 Å². The summed E-state index contributed by atoms with van der Waals surface area (Å²) >= 11 is 0. The molecule has 0 radical (unpaired) electrons. The lowest BCUT2D eigenvalue weighted by Crippen LogP contribution is -2.64. The number of Topliss-reactive ketones (excluding diaryl/α,β-unsaturated/α-hetero) is 1. The summed E-state index contributed by atoms with van der Waals surface area (Å²) < 4.78 is 31.0. The first kappa shape index (κ1) is 51.4. The predicted octanol–water partition coefficient (Wildman–Crippen LogP) is 5.18. The van der Waals surface area contributed by atoms with Gasteiger partial charge < -0.3 is 43.9 Å². The van der Waals surface area contributed by atoms with Crippen LogP contribution in [0.2, 0.25) is 0 Å². The van der Waals surface area contributed by atoms with E-state index >= 15 is 0 Å². The minimum Gasteiger partial charge on any atom is -0.456 e. The normalized spacial score (nSPS) is 40.2. The van der Waals surface area contributed by atoms with Crippen LogP contribution in [0.25, 0.3) is 0 Å². The lowest BCUT2D eigenvalue weighted by atomic mass is 9.81. The Kier molecular flexibility index (Phi) is 19.6. The van der Waals surface area contributed by atoms with E-state index < -0.39 is 77.9 Å². The fourth-order valence-electron chi connectivity index (χ4n) is 9.81. The lowest BCUT2D eigenvalue weighted by molar-refractivity contribution is -0.756. The number of aliphatic hydroxyl groups excluding tert-OH is 2. The number of methoxy groups -OCH3 is 3. The first-order valence-electron chi connectivity index (χ1n) is 21.6. The molecule has 3 fully saturated rings. The van der Waals surface area contributed by atoms with Crippen LogP contribution in [-0.4, -0.2) is 143 Å². The SMILES string of the molecule is C.C=CC[C@@H]1/C=C(\C)C[C@H](C)C[C@H](OC)[C@H]2O[C@@](O)(C(=O)C(=O)N3CCCC[C@H]3C(=O)O[C@H](/C(C)=C/[C@@H]3CC[C@@H](O)[C@H](OC)C3)[C@H](C)[C@@H](O)C/C1=[N+](/C)O)[C@H](C)C[C@@H]2OC. The summed E-state index contributed by atoms with van der Waals surface area (Å²) in [6.45, 7) is 13.4. The van der Waals surface area contributed by atoms with E-state index in [0.717, 1.165) is 10.3 Å². The number of piperidine rings is 1. The van der Waals surface area contributed by atoms with Crippen molar-refractivity contribution in [2.75, 3.05) is 34.9 Å². The van der Waals surface area contributed by atoms with Crippen LogP contribution in [0.15, 0.2) is 36.0 Å². The smallest absolute Gasteiger partial charge is 0.329 e. The van der Waals surface area contributed by atoms with Crippen LogP contribution in [0.5, 0.6) is 0 Å². The average molecular weight is 850 g/mol. The van der Waals surface area contributed by atoms with E-state index in [1.54, 1.807) is 27.0 Å². The van der Waals surface area contributed by atoms with Crippen molar-refractivity contribution in [2.24, 2.45) is 29.6 Å². The van der Waals surface area contributed by atoms with Crippen molar-refractivity contribution in [1.82, 2.24) is 4.90 Å². The zero-order valence-electron chi connectivity index (χ0n) is 36.9. The first-order valence-corrected chi connectivity index (χ1v) is 21.6. The number of cyclic esters (lactones) is 1. The molecule has 0 aromatic heterocycles. The van der Waals surface area contributed by atoms with Gasteiger partial charge in [0, 0.05) is 39.7 Å². The number of rotatable bonds is 7. The Balaban J connectivity index is 0.00000961. The van der Waals surface area contributed by atoms with Crippen LogP contribution in [0.1, 0.15) is 113 Å². The van der Waals surface area contributed by atoms with Gasteiger partial charge in [-0.1, -0.05) is 52.0 Å². The Morgan fingerprint density at radius 2 is 1.62 bits per heavy atom. The molecule has 0 aromatic rings. The second-order valence-electron chi connectivity index (χ2n) is 17.8. The van der Waals surface area contributed by atoms with E-state index in [9.17, 15) is 34.9 Å². The predicted molar refractivity (Wildman–Crippen MR) is 227 cm³/mol. The van der Waals surface area contributed by atoms with Crippen molar-refractivity contribution in [3.8, 4) is 0 Å². The van der Waals surface area contributed by atoms with Crippen molar-refractivity contribution in [3.05, 3.63) is 36.0 Å². The van der Waals surface area contributed by atoms with Crippen LogP contribution in [0.4, 0.5) is 0 Å². The van der Waals surface area contributed by atoms with Crippen LogP contribution < -0.4 is 0 Å². The number of allylic oxidation sites excluding steroid dienone is 4. The number of hydrogen-bond donors (Lipinski definition) is 4. The van der Waals surface area contributed by atoms with Crippen LogP contribution >= 0.6 is 0 Å². The molecular weight excluding hydrogens is 773 g/mol. The summed E-state index contributed by atoms with van der Waals surface area (Å²) in [5, 5.41) is 45.6. The Morgan fingerprint density at radius 1 is 0.967 bits per heavy atom. The zero-order chi connectivity index (χ0) is 43.8. The standard InChI is InChI=1S/C45H73N2O12.CH4/c1-11-14-32-20-26(2)19-27(3)21-38(56-9)41-39(57-10)23-29(5)45(53,59-41)42(50)43(51)47-18-13-12-15-33(47)44(52)58-40(30(6)36(49)25-34(32)46(7)54)28(4)22-31-16-17-35(48)37(24-31)55-8;/h11,20,22,27,29-33,35-41,48-49,53-54H,1,12-19,21,23-25H2,2-10H3;1H4/q+1;/b26-20+,28-22+,46-34+;/t27-,29+,30+,31-,32+,33-,35+,36-,37+,38-,39-,40+,41+,45+;/m0./s1. The van der Waals surface area contributed by atoms with E-state index in [-0.39, 0.29) is 57.1 Å². The Bertz CT molecular complexity index is 1560. The number of carbonyl (C=O) groups excluding carboxylic acids is 3. The largest absolute Gasteiger partial charge is 0.456 e. The molecule has 14 nitrogen and oxygen atoms in total. The molecule has 0 aromatic carbocycles. The van der Waals surface area contributed by atoms with E-state index in [1.807, 2.05) is 19.9 Å². The van der Waals surface area contributed by atoms with Gasteiger partial charge in [-0.2, -0.15) is 0 Å². The Morgan fingerprint density at radius 3 is 2.23 bits per heavy atom. The summed E-state index contributed by atoms with van der Waals surface area (Å²) in [5.41, 5.74) is 2.27. The summed E-state index contributed by atoms with van der Waals surface area (Å²) in [4.78, 5) is 44.2. The molecule has 2 saturated heterocycles. The van der Waals surface area contributed by atoms with Gasteiger partial charge in [-0.3, -0.25) is 14.8 Å². The van der Waals surface area contributed by atoms with Crippen molar-refractivity contribution in [3.63, 3.8) is 0 Å². The number of amides is 1. The highest BCUT2D eigenvalue weighted by molar-refractivity contribution is 6.39. The van der Waals surface area contributed by atoms with Gasteiger partial charge in [-0.15, -0.1) is 6.58 Å². The van der Waals surface area contributed by atoms with E-state index in [2.05, 4.69) is 19.6 Å². The van der Waals surface area contributed by atoms with Gasteiger partial charge in [0.1, 0.15) is 18.2 Å². The number of ketones is 1. The van der Waals surface area contributed by atoms with E-state index in [1.165, 1.54) is 26.2 Å². The molecule has 0 spiro atoms. The van der Waals surface area contributed by atoms with Gasteiger partial charge in [0.25, 0.3) is 11.7 Å². The molecule has 1 saturated carbocycles. The van der Waals surface area contributed by atoms with Gasteiger partial charge in [-0.25, -0.2) is 4.79 Å². The van der Waals surface area contributed by atoms with Crippen molar-refractivity contribution < 1.29 is 63.3 Å². The summed E-state index contributed by atoms with van der Waals surface area (Å²) in [5.74, 6) is -7.24. The van der Waals surface area contributed by atoms with Gasteiger partial charge in [0.2, 0.25) is 11.5 Å². The molecule has 60 heavy (non-hydrogen) atoms. The Labute approximate surface area is 358 Å². The lowest BCUT2D eigenvalue weighted by Gasteiger charge is -2.47. The number of fused-ring (bicyclic) bond motifs is 3. The number of nitrogens with zero attached hydrogens (tertiary/aromatic N) is 2. The van der Waals surface area contributed by atoms with Crippen molar-refractivity contribution >= 4 is 23.4 Å². The third-order valence-electron chi connectivity index (χ3n) is 13.3. The maximum absolute atomic E-state index is 14.4. The maximum Gasteiger partial charge on any atom is 0.329 e. The van der Waals surface area contributed by atoms with E-state index in [0.29, 0.717) is 62.7 Å². The van der Waals surface area contributed by atoms with Crippen LogP contribution in [0.3, 0.4) is 0 Å². The Hall–Kier alpha value is -2.98. The second kappa shape index (κ2) is 22.9. The van der Waals surface area contributed by atoms with Crippen molar-refractivity contribution in [1.29, 1.82) is 0 Å². The average Bonchev–Trinajstić information content (AvgIpc) is 3.20. The molecular formula is C46H77N2O12+. The fraction of sp³-hybridized carbons (Fsp3) is 0.783. The molecule has 1 amide bonds. The van der Waals surface area contributed by atoms with Gasteiger partial charge >= 0.3 is 5.97 Å². The highest BCUT2D eigenvalue weighted by Crippen LogP contribution is 2.39. The second-order valence-corrected chi connectivity index (χ2v) is 17.8. The quantitative estimate of drug-likeness (QED) is 0.0659. The number of hydrogen-bond acceptors (Lipinski definition) is 12. The zero-order valence-corrected chi connectivity index (χ0v) is 36.9. The monoisotopic (exact) mass is 850 g/mol. The molecule has 3 heterocycles.